The van der Waals surface area contributed by atoms with Gasteiger partial charge in [-0.25, -0.2) is 13.6 Å². The predicted molar refractivity (Wildman–Crippen MR) is 118 cm³/mol. The summed E-state index contributed by atoms with van der Waals surface area (Å²) >= 11 is 0. The van der Waals surface area contributed by atoms with Gasteiger partial charge in [0.2, 0.25) is 10.0 Å². The number of primary amides is 1. The maximum atomic E-state index is 13.5. The summed E-state index contributed by atoms with van der Waals surface area (Å²) in [5.74, 6) is -0.849. The Kier molecular flexibility index (Phi) is 5.43. The minimum atomic E-state index is -4.64. The number of nitrogens with two attached hydrogens (primary N) is 2. The van der Waals surface area contributed by atoms with Gasteiger partial charge in [-0.1, -0.05) is 42.5 Å². The number of pyridine rings is 1. The van der Waals surface area contributed by atoms with Crippen LogP contribution < -0.4 is 10.9 Å². The fraction of sp³-hybridized carbons (Fsp3) is 0.0435. The molecule has 0 aliphatic rings. The van der Waals surface area contributed by atoms with Crippen molar-refractivity contribution in [2.75, 3.05) is 0 Å². The summed E-state index contributed by atoms with van der Waals surface area (Å²) < 4.78 is 64.0. The molecule has 33 heavy (non-hydrogen) atoms. The third-order valence-corrected chi connectivity index (χ3v) is 6.03. The Balaban J connectivity index is 1.99. The first-order chi connectivity index (χ1) is 15.5. The average Bonchev–Trinajstić information content (AvgIpc) is 2.76. The number of hydrogen-bond donors (Lipinski definition) is 2. The maximum absolute atomic E-state index is 13.5. The van der Waals surface area contributed by atoms with E-state index in [1.807, 2.05) is 0 Å². The molecule has 0 aliphatic heterocycles. The van der Waals surface area contributed by atoms with Gasteiger partial charge in [-0.2, -0.15) is 13.2 Å². The van der Waals surface area contributed by atoms with Gasteiger partial charge in [0.1, 0.15) is 0 Å². The number of para-hydroxylation sites is 1. The fourth-order valence-corrected chi connectivity index (χ4v) is 4.22. The lowest BCUT2D eigenvalue weighted by atomic mass is 9.92. The molecule has 0 fully saturated rings. The van der Waals surface area contributed by atoms with Crippen LogP contribution in [0.4, 0.5) is 13.2 Å². The van der Waals surface area contributed by atoms with Crippen molar-refractivity contribution in [1.82, 2.24) is 4.98 Å². The van der Waals surface area contributed by atoms with Crippen LogP contribution in [0.15, 0.2) is 77.8 Å². The Morgan fingerprint density at radius 2 is 1.48 bits per heavy atom. The molecule has 0 saturated carbocycles. The molecule has 6 nitrogen and oxygen atoms in total. The summed E-state index contributed by atoms with van der Waals surface area (Å²) in [7, 11) is -3.94. The molecule has 0 atom stereocenters. The van der Waals surface area contributed by atoms with Crippen LogP contribution in [0.3, 0.4) is 0 Å². The molecule has 3 aromatic carbocycles. The summed E-state index contributed by atoms with van der Waals surface area (Å²) in [6.45, 7) is 0. The Morgan fingerprint density at radius 1 is 0.879 bits per heavy atom. The molecule has 0 spiro atoms. The van der Waals surface area contributed by atoms with Gasteiger partial charge in [-0.3, -0.25) is 9.78 Å². The third-order valence-electron chi connectivity index (χ3n) is 5.12. The van der Waals surface area contributed by atoms with E-state index in [0.29, 0.717) is 16.7 Å². The monoisotopic (exact) mass is 471 g/mol. The van der Waals surface area contributed by atoms with E-state index in [9.17, 15) is 26.4 Å². The SMILES string of the molecule is NC(=O)c1cnc2c(C(F)(F)F)cccc2c1-c1cccc(-c2cccc(S(N)(=O)=O)c2)c1. The second-order valence-electron chi connectivity index (χ2n) is 7.26. The second-order valence-corrected chi connectivity index (χ2v) is 8.83. The summed E-state index contributed by atoms with van der Waals surface area (Å²) in [6.07, 6.45) is -3.61. The van der Waals surface area contributed by atoms with Gasteiger partial charge in [0.15, 0.2) is 0 Å². The van der Waals surface area contributed by atoms with Gasteiger partial charge in [-0.15, -0.1) is 0 Å². The number of aromatic nitrogens is 1. The number of benzene rings is 3. The zero-order valence-electron chi connectivity index (χ0n) is 16.8. The van der Waals surface area contributed by atoms with Crippen LogP contribution in [0.25, 0.3) is 33.2 Å². The Bertz CT molecular complexity index is 1520. The second kappa shape index (κ2) is 7.98. The Labute approximate surface area is 186 Å². The standard InChI is InChI=1S/C23H16F3N3O3S/c24-23(25,26)19-9-3-8-17-20(18(22(27)30)12-29-21(17)19)15-6-1-4-13(10-15)14-5-2-7-16(11-14)33(28,31)32/h1-12H,(H2,27,30)(H2,28,31,32). The quantitative estimate of drug-likeness (QED) is 0.461. The molecule has 1 heterocycles. The first kappa shape index (κ1) is 22.4. The van der Waals surface area contributed by atoms with Gasteiger partial charge < -0.3 is 5.73 Å². The van der Waals surface area contributed by atoms with Crippen LogP contribution in [-0.2, 0) is 16.2 Å². The summed E-state index contributed by atoms with van der Waals surface area (Å²) in [5.41, 5.74) is 5.89. The van der Waals surface area contributed by atoms with E-state index in [1.54, 1.807) is 30.3 Å². The molecular formula is C23H16F3N3O3S. The van der Waals surface area contributed by atoms with Gasteiger partial charge in [0.25, 0.3) is 5.91 Å². The van der Waals surface area contributed by atoms with Crippen LogP contribution in [-0.4, -0.2) is 19.3 Å². The van der Waals surface area contributed by atoms with E-state index < -0.39 is 27.7 Å². The number of amides is 1. The van der Waals surface area contributed by atoms with Crippen molar-refractivity contribution in [2.45, 2.75) is 11.1 Å². The van der Waals surface area contributed by atoms with Crippen molar-refractivity contribution in [2.24, 2.45) is 10.9 Å². The van der Waals surface area contributed by atoms with Crippen molar-refractivity contribution in [3.05, 3.63) is 84.1 Å². The van der Waals surface area contributed by atoms with Crippen LogP contribution in [0.2, 0.25) is 0 Å². The molecule has 4 rings (SSSR count). The first-order valence-electron chi connectivity index (χ1n) is 9.49. The molecule has 1 amide bonds. The first-order valence-corrected chi connectivity index (χ1v) is 11.0. The average molecular weight is 471 g/mol. The molecule has 0 aliphatic carbocycles. The van der Waals surface area contributed by atoms with Crippen molar-refractivity contribution in [1.29, 1.82) is 0 Å². The van der Waals surface area contributed by atoms with Gasteiger partial charge in [-0.05, 0) is 41.0 Å². The number of fused-ring (bicyclic) bond motifs is 1. The van der Waals surface area contributed by atoms with Crippen LogP contribution in [0, 0.1) is 0 Å². The highest BCUT2D eigenvalue weighted by molar-refractivity contribution is 7.89. The number of primary sulfonamides is 1. The molecule has 10 heteroatoms. The fourth-order valence-electron chi connectivity index (χ4n) is 3.66. The summed E-state index contributed by atoms with van der Waals surface area (Å²) in [4.78, 5) is 15.9. The molecule has 4 N–H and O–H groups in total. The van der Waals surface area contributed by atoms with E-state index in [4.69, 9.17) is 10.9 Å². The van der Waals surface area contributed by atoms with Crippen LogP contribution in [0.1, 0.15) is 15.9 Å². The van der Waals surface area contributed by atoms with Crippen LogP contribution >= 0.6 is 0 Å². The summed E-state index contributed by atoms with van der Waals surface area (Å²) in [5, 5.41) is 5.32. The lowest BCUT2D eigenvalue weighted by Crippen LogP contribution is -2.14. The van der Waals surface area contributed by atoms with E-state index in [-0.39, 0.29) is 26.9 Å². The lowest BCUT2D eigenvalue weighted by molar-refractivity contribution is -0.136. The van der Waals surface area contributed by atoms with Crippen molar-refractivity contribution >= 4 is 26.8 Å². The smallest absolute Gasteiger partial charge is 0.366 e. The molecule has 0 saturated heterocycles. The zero-order valence-corrected chi connectivity index (χ0v) is 17.6. The number of carbonyl (C=O) groups excluding carboxylic acids is 1. The minimum Gasteiger partial charge on any atom is -0.366 e. The molecule has 1 aromatic heterocycles. The minimum absolute atomic E-state index is 0.0442. The number of carbonyl (C=O) groups is 1. The predicted octanol–water partition coefficient (Wildman–Crippen LogP) is 4.33. The van der Waals surface area contributed by atoms with Gasteiger partial charge >= 0.3 is 6.18 Å². The number of nitrogens with zero attached hydrogens (tertiary/aromatic N) is 1. The highest BCUT2D eigenvalue weighted by atomic mass is 32.2. The molecule has 168 valence electrons. The Morgan fingerprint density at radius 3 is 2.12 bits per heavy atom. The van der Waals surface area contributed by atoms with E-state index in [0.717, 1.165) is 12.3 Å². The summed E-state index contributed by atoms with van der Waals surface area (Å²) in [6, 6.07) is 16.1. The van der Waals surface area contributed by atoms with Gasteiger partial charge in [0.05, 0.1) is 21.5 Å². The van der Waals surface area contributed by atoms with Crippen molar-refractivity contribution in [3.63, 3.8) is 0 Å². The molecule has 0 unspecified atom stereocenters. The number of hydrogen-bond acceptors (Lipinski definition) is 4. The molecule has 0 bridgehead atoms. The van der Waals surface area contributed by atoms with Crippen LogP contribution in [0.5, 0.6) is 0 Å². The Hall–Kier alpha value is -3.76. The largest absolute Gasteiger partial charge is 0.418 e. The number of halogens is 3. The van der Waals surface area contributed by atoms with E-state index in [1.165, 1.54) is 30.3 Å². The number of sulfonamides is 1. The number of rotatable bonds is 4. The highest BCUT2D eigenvalue weighted by Crippen LogP contribution is 2.39. The molecular weight excluding hydrogens is 455 g/mol. The van der Waals surface area contributed by atoms with E-state index >= 15 is 0 Å². The van der Waals surface area contributed by atoms with Crippen molar-refractivity contribution < 1.29 is 26.4 Å². The topological polar surface area (TPSA) is 116 Å². The van der Waals surface area contributed by atoms with Crippen molar-refractivity contribution in [3.8, 4) is 22.3 Å². The number of alkyl halides is 3. The molecule has 0 radical (unpaired) electrons. The normalized spacial score (nSPS) is 12.1. The zero-order chi connectivity index (χ0) is 24.0. The maximum Gasteiger partial charge on any atom is 0.418 e. The lowest BCUT2D eigenvalue weighted by Gasteiger charge is -2.15. The van der Waals surface area contributed by atoms with E-state index in [2.05, 4.69) is 4.98 Å². The van der Waals surface area contributed by atoms with Gasteiger partial charge in [0, 0.05) is 17.1 Å². The highest BCUT2D eigenvalue weighted by Gasteiger charge is 2.34. The third kappa shape index (κ3) is 4.30. The molecule has 4 aromatic rings.